The van der Waals surface area contributed by atoms with Gasteiger partial charge in [-0.05, 0) is 65.8 Å². The molecule has 1 aromatic heterocycles. The fourth-order valence-corrected chi connectivity index (χ4v) is 4.70. The van der Waals surface area contributed by atoms with Crippen molar-refractivity contribution < 1.29 is 24.6 Å². The first-order valence-corrected chi connectivity index (χ1v) is 13.4. The summed E-state index contributed by atoms with van der Waals surface area (Å²) in [7, 11) is 2.06. The first-order valence-electron chi connectivity index (χ1n) is 13.4. The Labute approximate surface area is 244 Å². The molecule has 7 heteroatoms. The number of aromatic carboxylic acids is 1. The number of rotatable bonds is 1. The summed E-state index contributed by atoms with van der Waals surface area (Å²) in [4.78, 5) is 32.3. The second kappa shape index (κ2) is 13.3. The summed E-state index contributed by atoms with van der Waals surface area (Å²) in [6.07, 6.45) is 5.77. The summed E-state index contributed by atoms with van der Waals surface area (Å²) >= 11 is 0. The molecule has 2 aliphatic rings. The van der Waals surface area contributed by atoms with Crippen molar-refractivity contribution >= 4 is 40.2 Å². The number of carboxylic acid groups (broad SMARTS) is 1. The highest BCUT2D eigenvalue weighted by atomic mass is 16.4. The van der Waals surface area contributed by atoms with E-state index in [1.165, 1.54) is 45.8 Å². The number of para-hydroxylation sites is 1. The van der Waals surface area contributed by atoms with E-state index in [1.807, 2.05) is 12.1 Å². The zero-order valence-corrected chi connectivity index (χ0v) is 23.5. The molecular formula is C35H32N2O5. The minimum absolute atomic E-state index is 0.176. The van der Waals surface area contributed by atoms with Gasteiger partial charge in [-0.1, -0.05) is 78.4 Å². The number of nitrogens with two attached hydrogens (primary N) is 1. The molecule has 0 spiro atoms. The number of carbonyl (C=O) groups excluding carboxylic acids is 2. The van der Waals surface area contributed by atoms with Gasteiger partial charge in [0.25, 0.3) is 0 Å². The Kier molecular flexibility index (Phi) is 9.35. The van der Waals surface area contributed by atoms with Crippen molar-refractivity contribution in [2.45, 2.75) is 19.8 Å². The molecule has 212 valence electrons. The maximum absolute atomic E-state index is 11.0. The molecular weight excluding hydrogens is 528 g/mol. The van der Waals surface area contributed by atoms with E-state index in [2.05, 4.69) is 85.4 Å². The Morgan fingerprint density at radius 2 is 1.50 bits per heavy atom. The number of carbonyl (C=O) groups is 3. The third-order valence-corrected chi connectivity index (χ3v) is 6.84. The lowest BCUT2D eigenvalue weighted by atomic mass is 10.1. The molecule has 7 rings (SSSR count). The van der Waals surface area contributed by atoms with Crippen molar-refractivity contribution in [2.75, 3.05) is 5.73 Å². The number of anilines is 1. The van der Waals surface area contributed by atoms with Gasteiger partial charge in [-0.25, -0.2) is 4.79 Å². The maximum atomic E-state index is 11.0. The van der Waals surface area contributed by atoms with E-state index >= 15 is 0 Å². The quantitative estimate of drug-likeness (QED) is 0.122. The summed E-state index contributed by atoms with van der Waals surface area (Å²) in [6, 6.07) is 30.1. The molecule has 0 saturated heterocycles. The number of aryl methyl sites for hydroxylation is 1. The molecule has 0 fully saturated rings. The number of fused-ring (bicyclic) bond motifs is 3. The minimum Gasteiger partial charge on any atom is -0.507 e. The third-order valence-electron chi connectivity index (χ3n) is 6.84. The number of Topliss-reactive ketones (excluding diaryl/α,β-unsaturated/α-hetero) is 2. The molecule has 5 aromatic rings. The van der Waals surface area contributed by atoms with Gasteiger partial charge >= 0.3 is 5.97 Å². The fraction of sp³-hybridized carbons (Fsp3) is 0.114. The SMILES string of the molecule is CC1=Cc2ccccc2C1.Cn1ccc2ccccc21.Nc1ccc(O)c(C(=O)O)c1.O=C1Cc2ccccc2C1=O. The summed E-state index contributed by atoms with van der Waals surface area (Å²) in [5.41, 5.74) is 12.5. The van der Waals surface area contributed by atoms with Crippen LogP contribution in [0.3, 0.4) is 0 Å². The van der Waals surface area contributed by atoms with Gasteiger partial charge < -0.3 is 20.5 Å². The number of hydrogen-bond acceptors (Lipinski definition) is 5. The van der Waals surface area contributed by atoms with E-state index < -0.39 is 5.97 Å². The van der Waals surface area contributed by atoms with E-state index in [9.17, 15) is 14.4 Å². The van der Waals surface area contributed by atoms with Crippen LogP contribution in [-0.2, 0) is 24.7 Å². The molecule has 4 aromatic carbocycles. The van der Waals surface area contributed by atoms with Crippen LogP contribution in [-0.4, -0.2) is 32.3 Å². The molecule has 4 N–H and O–H groups in total. The number of nitrogen functional groups attached to an aromatic ring is 1. The second-order valence-electron chi connectivity index (χ2n) is 10.0. The predicted octanol–water partition coefficient (Wildman–Crippen LogP) is 6.49. The van der Waals surface area contributed by atoms with Crippen LogP contribution in [0.25, 0.3) is 17.0 Å². The molecule has 0 unspecified atom stereocenters. The molecule has 0 amide bonds. The van der Waals surface area contributed by atoms with Gasteiger partial charge in [0, 0.05) is 36.4 Å². The van der Waals surface area contributed by atoms with Gasteiger partial charge in [-0.3, -0.25) is 9.59 Å². The van der Waals surface area contributed by atoms with Crippen LogP contribution in [0.5, 0.6) is 5.75 Å². The van der Waals surface area contributed by atoms with Crippen molar-refractivity contribution in [3.05, 3.63) is 137 Å². The fourth-order valence-electron chi connectivity index (χ4n) is 4.70. The maximum Gasteiger partial charge on any atom is 0.339 e. The van der Waals surface area contributed by atoms with Crippen LogP contribution in [0.4, 0.5) is 5.69 Å². The number of ketones is 2. The Balaban J connectivity index is 0.000000129. The zero-order valence-electron chi connectivity index (χ0n) is 23.5. The number of hydrogen-bond donors (Lipinski definition) is 3. The van der Waals surface area contributed by atoms with Gasteiger partial charge in [0.05, 0.1) is 0 Å². The van der Waals surface area contributed by atoms with Crippen LogP contribution >= 0.6 is 0 Å². The Hall–Kier alpha value is -5.43. The highest BCUT2D eigenvalue weighted by molar-refractivity contribution is 6.47. The topological polar surface area (TPSA) is 123 Å². The minimum atomic E-state index is -1.19. The van der Waals surface area contributed by atoms with Crippen molar-refractivity contribution in [1.82, 2.24) is 4.57 Å². The first kappa shape index (κ1) is 29.6. The Morgan fingerprint density at radius 3 is 2.17 bits per heavy atom. The molecule has 0 atom stereocenters. The highest BCUT2D eigenvalue weighted by Crippen LogP contribution is 2.23. The summed E-state index contributed by atoms with van der Waals surface area (Å²) in [5, 5.41) is 18.8. The highest BCUT2D eigenvalue weighted by Gasteiger charge is 2.26. The van der Waals surface area contributed by atoms with Gasteiger partial charge in [-0.15, -0.1) is 0 Å². The normalized spacial score (nSPS) is 12.5. The molecule has 7 nitrogen and oxygen atoms in total. The Morgan fingerprint density at radius 1 is 0.833 bits per heavy atom. The van der Waals surface area contributed by atoms with E-state index in [0.717, 1.165) is 12.0 Å². The van der Waals surface area contributed by atoms with Gasteiger partial charge in [0.1, 0.15) is 11.3 Å². The molecule has 42 heavy (non-hydrogen) atoms. The van der Waals surface area contributed by atoms with Crippen LogP contribution in [0.15, 0.2) is 109 Å². The molecule has 1 heterocycles. The van der Waals surface area contributed by atoms with Crippen LogP contribution < -0.4 is 5.73 Å². The number of aromatic nitrogens is 1. The number of allylic oxidation sites excluding steroid dienone is 1. The number of aromatic hydroxyl groups is 1. The van der Waals surface area contributed by atoms with Gasteiger partial charge in [0.15, 0.2) is 0 Å². The molecule has 0 saturated carbocycles. The van der Waals surface area contributed by atoms with Crippen molar-refractivity contribution in [3.63, 3.8) is 0 Å². The first-order chi connectivity index (χ1) is 20.1. The lowest BCUT2D eigenvalue weighted by molar-refractivity contribution is -0.114. The number of benzene rings is 4. The van der Waals surface area contributed by atoms with Gasteiger partial charge in [-0.2, -0.15) is 0 Å². The summed E-state index contributed by atoms with van der Waals surface area (Å²) in [5.74, 6) is -2.08. The lowest BCUT2D eigenvalue weighted by Gasteiger charge is -1.98. The average Bonchev–Trinajstić information content (AvgIpc) is 3.65. The van der Waals surface area contributed by atoms with Gasteiger partial charge in [0.2, 0.25) is 11.6 Å². The third kappa shape index (κ3) is 7.20. The summed E-state index contributed by atoms with van der Waals surface area (Å²) in [6.45, 7) is 2.18. The second-order valence-corrected chi connectivity index (χ2v) is 10.0. The zero-order chi connectivity index (χ0) is 30.2. The average molecular weight is 561 g/mol. The predicted molar refractivity (Wildman–Crippen MR) is 166 cm³/mol. The van der Waals surface area contributed by atoms with E-state index in [0.29, 0.717) is 11.3 Å². The van der Waals surface area contributed by atoms with E-state index in [4.69, 9.17) is 15.9 Å². The summed E-state index contributed by atoms with van der Waals surface area (Å²) < 4.78 is 2.12. The van der Waals surface area contributed by atoms with Crippen LogP contribution in [0, 0.1) is 0 Å². The smallest absolute Gasteiger partial charge is 0.339 e. The van der Waals surface area contributed by atoms with Crippen molar-refractivity contribution in [1.29, 1.82) is 0 Å². The number of nitrogens with zero attached hydrogens (tertiary/aromatic N) is 1. The Bertz CT molecular complexity index is 1800. The standard InChI is InChI=1S/C10H10.C9H9N.C9H6O2.C7H7NO3/c1-8-6-9-4-2-3-5-10(9)7-8;1-10-7-6-8-4-2-3-5-9(8)10;10-8-5-6-3-1-2-4-7(6)9(8)11;8-4-1-2-6(9)5(3-4)7(10)11/h2-6H,7H2,1H3;2-7H,1H3;1-4H,5H2;1-3,9H,8H2,(H,10,11). The monoisotopic (exact) mass is 560 g/mol. The number of carboxylic acids is 1. The van der Waals surface area contributed by atoms with Crippen LogP contribution in [0.2, 0.25) is 0 Å². The molecule has 0 bridgehead atoms. The van der Waals surface area contributed by atoms with Crippen molar-refractivity contribution in [2.24, 2.45) is 7.05 Å². The van der Waals surface area contributed by atoms with Crippen molar-refractivity contribution in [3.8, 4) is 5.75 Å². The largest absolute Gasteiger partial charge is 0.507 e. The lowest BCUT2D eigenvalue weighted by Crippen LogP contribution is -2.05. The molecule has 0 radical (unpaired) electrons. The number of phenols is 1. The molecule has 0 aliphatic heterocycles. The van der Waals surface area contributed by atoms with E-state index in [-0.39, 0.29) is 29.3 Å². The van der Waals surface area contributed by atoms with Crippen LogP contribution in [0.1, 0.15) is 44.3 Å². The molecule has 2 aliphatic carbocycles. The van der Waals surface area contributed by atoms with E-state index in [1.54, 1.807) is 12.1 Å².